The van der Waals surface area contributed by atoms with E-state index in [4.69, 9.17) is 0 Å². The van der Waals surface area contributed by atoms with E-state index in [9.17, 15) is 0 Å². The summed E-state index contributed by atoms with van der Waals surface area (Å²) in [5, 5.41) is 0. The van der Waals surface area contributed by atoms with Gasteiger partial charge in [-0.15, -0.1) is 0 Å². The molecule has 2 aromatic rings. The van der Waals surface area contributed by atoms with E-state index in [1.807, 2.05) is 6.20 Å². The molecule has 0 aliphatic carbocycles. The van der Waals surface area contributed by atoms with Crippen LogP contribution in [0.3, 0.4) is 0 Å². The Balaban J connectivity index is 1.48. The summed E-state index contributed by atoms with van der Waals surface area (Å²) >= 11 is 0. The third kappa shape index (κ3) is 2.30. The van der Waals surface area contributed by atoms with E-state index in [1.54, 1.807) is 0 Å². The Morgan fingerprint density at radius 3 is 2.59 bits per heavy atom. The summed E-state index contributed by atoms with van der Waals surface area (Å²) < 4.78 is 0. The molecule has 1 aromatic carbocycles. The SMILES string of the molecule is CN1CC2(CCN(Cc3ccccc3)CC2)c2cccnc21. The summed E-state index contributed by atoms with van der Waals surface area (Å²) in [4.78, 5) is 9.52. The van der Waals surface area contributed by atoms with E-state index >= 15 is 0 Å². The van der Waals surface area contributed by atoms with Crippen molar-refractivity contribution in [3.8, 4) is 0 Å². The zero-order valence-corrected chi connectivity index (χ0v) is 13.2. The number of piperidine rings is 1. The molecule has 0 atom stereocenters. The number of hydrogen-bond acceptors (Lipinski definition) is 3. The third-order valence-electron chi connectivity index (χ3n) is 5.32. The fourth-order valence-corrected chi connectivity index (χ4v) is 4.14. The Morgan fingerprint density at radius 1 is 1.05 bits per heavy atom. The molecule has 3 heterocycles. The standard InChI is InChI=1S/C19H23N3/c1-21-15-19(17-8-5-11-20-18(17)21)9-12-22(13-10-19)14-16-6-3-2-4-7-16/h2-8,11H,9-10,12-15H2,1H3. The van der Waals surface area contributed by atoms with Crippen LogP contribution in [0.2, 0.25) is 0 Å². The lowest BCUT2D eigenvalue weighted by molar-refractivity contribution is 0.160. The van der Waals surface area contributed by atoms with Crippen LogP contribution in [0.15, 0.2) is 48.7 Å². The second-order valence-electron chi connectivity index (χ2n) is 6.77. The van der Waals surface area contributed by atoms with Crippen molar-refractivity contribution >= 4 is 5.82 Å². The molecule has 0 unspecified atom stereocenters. The van der Waals surface area contributed by atoms with Crippen LogP contribution in [-0.2, 0) is 12.0 Å². The van der Waals surface area contributed by atoms with Gasteiger partial charge in [0.2, 0.25) is 0 Å². The van der Waals surface area contributed by atoms with Gasteiger partial charge in [-0.05, 0) is 37.6 Å². The third-order valence-corrected chi connectivity index (χ3v) is 5.32. The molecule has 114 valence electrons. The highest BCUT2D eigenvalue weighted by Crippen LogP contribution is 2.45. The normalized spacial score (nSPS) is 20.3. The number of benzene rings is 1. The summed E-state index contributed by atoms with van der Waals surface area (Å²) in [6, 6.07) is 15.2. The van der Waals surface area contributed by atoms with Gasteiger partial charge in [0.15, 0.2) is 0 Å². The molecular weight excluding hydrogens is 270 g/mol. The van der Waals surface area contributed by atoms with Gasteiger partial charge in [-0.2, -0.15) is 0 Å². The number of fused-ring (bicyclic) bond motifs is 2. The quantitative estimate of drug-likeness (QED) is 0.848. The number of aromatic nitrogens is 1. The maximum absolute atomic E-state index is 4.59. The summed E-state index contributed by atoms with van der Waals surface area (Å²) in [5.41, 5.74) is 3.21. The van der Waals surface area contributed by atoms with Gasteiger partial charge in [-0.3, -0.25) is 4.90 Å². The Morgan fingerprint density at radius 2 is 1.82 bits per heavy atom. The zero-order chi connectivity index (χ0) is 15.0. The molecule has 3 nitrogen and oxygen atoms in total. The van der Waals surface area contributed by atoms with Crippen molar-refractivity contribution in [2.45, 2.75) is 24.8 Å². The second-order valence-corrected chi connectivity index (χ2v) is 6.77. The first-order valence-corrected chi connectivity index (χ1v) is 8.20. The number of likely N-dealkylation sites (N-methyl/N-ethyl adjacent to an activating group) is 1. The Labute approximate surface area is 132 Å². The average molecular weight is 293 g/mol. The van der Waals surface area contributed by atoms with E-state index in [2.05, 4.69) is 64.3 Å². The molecule has 1 spiro atoms. The Hall–Kier alpha value is -1.87. The van der Waals surface area contributed by atoms with Crippen LogP contribution in [0.25, 0.3) is 0 Å². The molecule has 0 saturated carbocycles. The molecule has 2 aliphatic rings. The number of likely N-dealkylation sites (tertiary alicyclic amines) is 1. The number of anilines is 1. The molecule has 1 fully saturated rings. The Bertz CT molecular complexity index is 645. The molecule has 0 N–H and O–H groups in total. The molecule has 0 radical (unpaired) electrons. The van der Waals surface area contributed by atoms with Crippen LogP contribution in [0.1, 0.15) is 24.0 Å². The highest BCUT2D eigenvalue weighted by atomic mass is 15.2. The average Bonchev–Trinajstić information content (AvgIpc) is 2.84. The van der Waals surface area contributed by atoms with Gasteiger partial charge in [-0.1, -0.05) is 36.4 Å². The van der Waals surface area contributed by atoms with E-state index in [1.165, 1.54) is 42.9 Å². The van der Waals surface area contributed by atoms with Crippen molar-refractivity contribution < 1.29 is 0 Å². The minimum atomic E-state index is 0.325. The molecule has 2 aliphatic heterocycles. The van der Waals surface area contributed by atoms with Crippen LogP contribution < -0.4 is 4.90 Å². The molecule has 22 heavy (non-hydrogen) atoms. The van der Waals surface area contributed by atoms with Crippen molar-refractivity contribution in [2.75, 3.05) is 31.6 Å². The minimum Gasteiger partial charge on any atom is -0.359 e. The number of nitrogens with zero attached hydrogens (tertiary/aromatic N) is 3. The van der Waals surface area contributed by atoms with E-state index in [0.717, 1.165) is 13.1 Å². The smallest absolute Gasteiger partial charge is 0.132 e. The highest BCUT2D eigenvalue weighted by Gasteiger charge is 2.44. The lowest BCUT2D eigenvalue weighted by Crippen LogP contribution is -2.44. The van der Waals surface area contributed by atoms with Gasteiger partial charge >= 0.3 is 0 Å². The van der Waals surface area contributed by atoms with Crippen LogP contribution in [0.4, 0.5) is 5.82 Å². The maximum atomic E-state index is 4.59. The van der Waals surface area contributed by atoms with Crippen molar-refractivity contribution in [1.82, 2.24) is 9.88 Å². The van der Waals surface area contributed by atoms with E-state index < -0.39 is 0 Å². The first-order valence-electron chi connectivity index (χ1n) is 8.20. The van der Waals surface area contributed by atoms with Gasteiger partial charge < -0.3 is 4.90 Å². The first kappa shape index (κ1) is 13.8. The molecule has 0 bridgehead atoms. The summed E-state index contributed by atoms with van der Waals surface area (Å²) in [6.07, 6.45) is 4.39. The van der Waals surface area contributed by atoms with Crippen LogP contribution >= 0.6 is 0 Å². The molecular formula is C19H23N3. The van der Waals surface area contributed by atoms with Gasteiger partial charge in [0.1, 0.15) is 5.82 Å². The Kier molecular flexibility index (Phi) is 3.38. The van der Waals surface area contributed by atoms with Gasteiger partial charge in [0.25, 0.3) is 0 Å². The number of pyridine rings is 1. The van der Waals surface area contributed by atoms with E-state index in [-0.39, 0.29) is 0 Å². The summed E-state index contributed by atoms with van der Waals surface area (Å²) in [5.74, 6) is 1.19. The lowest BCUT2D eigenvalue weighted by atomic mass is 9.74. The van der Waals surface area contributed by atoms with Crippen molar-refractivity contribution in [3.63, 3.8) is 0 Å². The van der Waals surface area contributed by atoms with Crippen molar-refractivity contribution in [1.29, 1.82) is 0 Å². The van der Waals surface area contributed by atoms with E-state index in [0.29, 0.717) is 5.41 Å². The second kappa shape index (κ2) is 5.40. The van der Waals surface area contributed by atoms with Crippen LogP contribution in [0.5, 0.6) is 0 Å². The molecule has 1 saturated heterocycles. The molecule has 1 aromatic heterocycles. The molecule has 4 rings (SSSR count). The number of rotatable bonds is 2. The molecule has 0 amide bonds. The highest BCUT2D eigenvalue weighted by molar-refractivity contribution is 5.57. The largest absolute Gasteiger partial charge is 0.359 e. The predicted molar refractivity (Wildman–Crippen MR) is 90.1 cm³/mol. The fraction of sp³-hybridized carbons (Fsp3) is 0.421. The maximum Gasteiger partial charge on any atom is 0.132 e. The van der Waals surface area contributed by atoms with Crippen LogP contribution in [0, 0.1) is 0 Å². The van der Waals surface area contributed by atoms with Gasteiger partial charge in [-0.25, -0.2) is 4.98 Å². The van der Waals surface area contributed by atoms with Gasteiger partial charge in [0, 0.05) is 37.3 Å². The summed E-state index contributed by atoms with van der Waals surface area (Å²) in [7, 11) is 2.18. The number of hydrogen-bond donors (Lipinski definition) is 0. The topological polar surface area (TPSA) is 19.4 Å². The van der Waals surface area contributed by atoms with Crippen molar-refractivity contribution in [2.24, 2.45) is 0 Å². The molecule has 3 heteroatoms. The predicted octanol–water partition coefficient (Wildman–Crippen LogP) is 3.07. The zero-order valence-electron chi connectivity index (χ0n) is 13.2. The minimum absolute atomic E-state index is 0.325. The van der Waals surface area contributed by atoms with Crippen LogP contribution in [-0.4, -0.2) is 36.6 Å². The summed E-state index contributed by atoms with van der Waals surface area (Å²) in [6.45, 7) is 4.55. The van der Waals surface area contributed by atoms with Gasteiger partial charge in [0.05, 0.1) is 0 Å². The first-order chi connectivity index (χ1) is 10.8. The monoisotopic (exact) mass is 293 g/mol. The lowest BCUT2D eigenvalue weighted by Gasteiger charge is -2.39. The fourth-order valence-electron chi connectivity index (χ4n) is 4.14. The van der Waals surface area contributed by atoms with Crippen molar-refractivity contribution in [3.05, 3.63) is 59.8 Å².